The summed E-state index contributed by atoms with van der Waals surface area (Å²) in [5.41, 5.74) is 1.44. The summed E-state index contributed by atoms with van der Waals surface area (Å²) in [5, 5.41) is 4.00. The molecule has 2 atom stereocenters. The Balaban J connectivity index is 1.84. The Kier molecular flexibility index (Phi) is 12.6. The average Bonchev–Trinajstić information content (AvgIpc) is 3.07. The maximum absolute atomic E-state index is 14.6. The second-order valence-corrected chi connectivity index (χ2v) is 14.0. The molecule has 0 aromatic heterocycles. The molecular weight excluding hydrogens is 681 g/mol. The Morgan fingerprint density at radius 1 is 0.851 bits per heavy atom. The van der Waals surface area contributed by atoms with Gasteiger partial charge >= 0.3 is 0 Å². The van der Waals surface area contributed by atoms with Crippen LogP contribution in [0, 0.1) is 0 Å². The Labute approximate surface area is 291 Å². The lowest BCUT2D eigenvalue weighted by Gasteiger charge is -2.34. The third kappa shape index (κ3) is 9.20. The highest BCUT2D eigenvalue weighted by atomic mass is 35.5. The third-order valence-corrected chi connectivity index (χ3v) is 10.5. The van der Waals surface area contributed by atoms with Crippen molar-refractivity contribution in [2.45, 2.75) is 50.2 Å². The highest BCUT2D eigenvalue weighted by Gasteiger charge is 2.35. The number of nitrogens with one attached hydrogen (secondary N) is 1. The first-order chi connectivity index (χ1) is 22.4. The van der Waals surface area contributed by atoms with Gasteiger partial charge in [0.05, 0.1) is 17.7 Å². The lowest BCUT2D eigenvalue weighted by Crippen LogP contribution is -2.54. The number of halogens is 3. The van der Waals surface area contributed by atoms with Crippen LogP contribution >= 0.6 is 34.8 Å². The first-order valence-corrected chi connectivity index (χ1v) is 17.5. The summed E-state index contributed by atoms with van der Waals surface area (Å²) in [7, 11) is -2.83. The van der Waals surface area contributed by atoms with Gasteiger partial charge in [-0.3, -0.25) is 13.9 Å². The molecule has 47 heavy (non-hydrogen) atoms. The van der Waals surface area contributed by atoms with Crippen molar-refractivity contribution >= 4 is 62.3 Å². The van der Waals surface area contributed by atoms with Crippen LogP contribution in [0.5, 0.6) is 5.75 Å². The molecule has 0 aliphatic rings. The Morgan fingerprint density at radius 3 is 2.04 bits per heavy atom. The molecule has 0 saturated heterocycles. The van der Waals surface area contributed by atoms with Crippen molar-refractivity contribution in [3.05, 3.63) is 123 Å². The van der Waals surface area contributed by atoms with E-state index in [-0.39, 0.29) is 29.6 Å². The van der Waals surface area contributed by atoms with Gasteiger partial charge in [-0.1, -0.05) is 78.1 Å². The van der Waals surface area contributed by atoms with Crippen molar-refractivity contribution in [2.24, 2.45) is 0 Å². The van der Waals surface area contributed by atoms with Crippen molar-refractivity contribution in [3.8, 4) is 5.75 Å². The lowest BCUT2D eigenvalue weighted by molar-refractivity contribution is -0.140. The van der Waals surface area contributed by atoms with Gasteiger partial charge in [-0.2, -0.15) is 0 Å². The van der Waals surface area contributed by atoms with Crippen LogP contribution in [0.25, 0.3) is 0 Å². The van der Waals surface area contributed by atoms with Crippen LogP contribution < -0.4 is 14.4 Å². The molecule has 0 heterocycles. The number of amides is 2. The van der Waals surface area contributed by atoms with E-state index in [9.17, 15) is 18.0 Å². The molecule has 0 radical (unpaired) electrons. The van der Waals surface area contributed by atoms with Crippen LogP contribution in [0.15, 0.2) is 102 Å². The van der Waals surface area contributed by atoms with E-state index >= 15 is 0 Å². The molecule has 0 spiro atoms. The van der Waals surface area contributed by atoms with E-state index in [0.717, 1.165) is 9.87 Å². The molecule has 0 fully saturated rings. The molecule has 0 unspecified atom stereocenters. The highest BCUT2D eigenvalue weighted by molar-refractivity contribution is 7.92. The van der Waals surface area contributed by atoms with E-state index in [1.54, 1.807) is 18.2 Å². The van der Waals surface area contributed by atoms with Crippen LogP contribution in [-0.2, 0) is 32.6 Å². The number of nitrogens with zero attached hydrogens (tertiary/aromatic N) is 2. The number of hydrogen-bond acceptors (Lipinski definition) is 5. The molecule has 0 bridgehead atoms. The van der Waals surface area contributed by atoms with E-state index < -0.39 is 34.4 Å². The molecular formula is C35H36Cl3N3O5S. The van der Waals surface area contributed by atoms with Crippen LogP contribution in [-0.4, -0.2) is 50.9 Å². The van der Waals surface area contributed by atoms with Gasteiger partial charge in [0.2, 0.25) is 11.8 Å². The summed E-state index contributed by atoms with van der Waals surface area (Å²) in [6.45, 7) is 3.02. The van der Waals surface area contributed by atoms with Crippen LogP contribution in [0.2, 0.25) is 15.1 Å². The lowest BCUT2D eigenvalue weighted by atomic mass is 10.0. The summed E-state index contributed by atoms with van der Waals surface area (Å²) in [5.74, 6) is -0.569. The maximum atomic E-state index is 14.6. The summed E-state index contributed by atoms with van der Waals surface area (Å²) in [6, 6.07) is 25.0. The Bertz CT molecular complexity index is 1750. The largest absolute Gasteiger partial charge is 0.497 e. The summed E-state index contributed by atoms with van der Waals surface area (Å²) >= 11 is 19.3. The minimum Gasteiger partial charge on any atom is -0.497 e. The quantitative estimate of drug-likeness (QED) is 0.147. The third-order valence-electron chi connectivity index (χ3n) is 7.70. The maximum Gasteiger partial charge on any atom is 0.264 e. The predicted octanol–water partition coefficient (Wildman–Crippen LogP) is 7.41. The fraction of sp³-hybridized carbons (Fsp3) is 0.257. The van der Waals surface area contributed by atoms with Gasteiger partial charge in [0.25, 0.3) is 10.0 Å². The van der Waals surface area contributed by atoms with Crippen LogP contribution in [0.3, 0.4) is 0 Å². The smallest absolute Gasteiger partial charge is 0.264 e. The van der Waals surface area contributed by atoms with Gasteiger partial charge in [-0.15, -0.1) is 0 Å². The Morgan fingerprint density at radius 2 is 1.47 bits per heavy atom. The number of anilines is 1. The molecule has 2 amide bonds. The van der Waals surface area contributed by atoms with Crippen molar-refractivity contribution < 1.29 is 22.7 Å². The molecule has 4 aromatic rings. The van der Waals surface area contributed by atoms with Crippen molar-refractivity contribution in [2.75, 3.05) is 18.0 Å². The minimum absolute atomic E-state index is 0.0582. The molecule has 248 valence electrons. The first-order valence-electron chi connectivity index (χ1n) is 14.9. The predicted molar refractivity (Wildman–Crippen MR) is 188 cm³/mol. The van der Waals surface area contributed by atoms with E-state index in [1.807, 2.05) is 44.2 Å². The normalized spacial score (nSPS) is 12.6. The van der Waals surface area contributed by atoms with Crippen LogP contribution in [0.1, 0.15) is 31.4 Å². The van der Waals surface area contributed by atoms with Crippen molar-refractivity contribution in [1.82, 2.24) is 10.2 Å². The molecule has 0 saturated carbocycles. The zero-order chi connectivity index (χ0) is 34.1. The topological polar surface area (TPSA) is 96.0 Å². The summed E-state index contributed by atoms with van der Waals surface area (Å²) < 4.78 is 34.6. The van der Waals surface area contributed by atoms with Gasteiger partial charge in [0, 0.05) is 39.6 Å². The fourth-order valence-corrected chi connectivity index (χ4v) is 6.92. The highest BCUT2D eigenvalue weighted by Crippen LogP contribution is 2.30. The number of rotatable bonds is 14. The number of hydrogen-bond donors (Lipinski definition) is 1. The van der Waals surface area contributed by atoms with Gasteiger partial charge in [0.1, 0.15) is 18.3 Å². The number of carbonyl (C=O) groups is 2. The number of carbonyl (C=O) groups excluding carboxylic acids is 2. The summed E-state index contributed by atoms with van der Waals surface area (Å²) in [6.07, 6.45) is 0.821. The summed E-state index contributed by atoms with van der Waals surface area (Å²) in [4.78, 5) is 29.9. The number of ether oxygens (including phenoxy) is 1. The molecule has 1 N–H and O–H groups in total. The van der Waals surface area contributed by atoms with Gasteiger partial charge < -0.3 is 15.0 Å². The molecule has 0 aliphatic heterocycles. The second-order valence-electron chi connectivity index (χ2n) is 10.9. The van der Waals surface area contributed by atoms with E-state index in [0.29, 0.717) is 32.8 Å². The minimum atomic E-state index is -4.30. The van der Waals surface area contributed by atoms with Gasteiger partial charge in [-0.05, 0) is 79.6 Å². The SMILES string of the molecule is CC[C@H](C)NC(=O)[C@H](Cc1ccccc1)N(Cc1c(Cl)cccc1Cl)C(=O)CN(c1ccc(Cl)cc1)S(=O)(=O)c1ccc(OC)cc1. The zero-order valence-electron chi connectivity index (χ0n) is 26.2. The second kappa shape index (κ2) is 16.4. The van der Waals surface area contributed by atoms with Gasteiger partial charge in [-0.25, -0.2) is 8.42 Å². The molecule has 8 nitrogen and oxygen atoms in total. The zero-order valence-corrected chi connectivity index (χ0v) is 29.3. The average molecular weight is 717 g/mol. The fourth-order valence-electron chi connectivity index (χ4n) is 4.86. The Hall–Kier alpha value is -3.76. The van der Waals surface area contributed by atoms with Crippen LogP contribution in [0.4, 0.5) is 5.69 Å². The number of benzene rings is 4. The monoisotopic (exact) mass is 715 g/mol. The molecule has 12 heteroatoms. The number of sulfonamides is 1. The van der Waals surface area contributed by atoms with Gasteiger partial charge in [0.15, 0.2) is 0 Å². The van der Waals surface area contributed by atoms with E-state index in [1.165, 1.54) is 60.5 Å². The van der Waals surface area contributed by atoms with E-state index in [2.05, 4.69) is 5.32 Å². The van der Waals surface area contributed by atoms with Crippen molar-refractivity contribution in [3.63, 3.8) is 0 Å². The van der Waals surface area contributed by atoms with Crippen molar-refractivity contribution in [1.29, 1.82) is 0 Å². The molecule has 4 rings (SSSR count). The standard InChI is InChI=1S/C35H36Cl3N3O5S/c1-4-24(2)39-35(43)33(21-25-9-6-5-7-10-25)40(22-30-31(37)11-8-12-32(30)38)34(42)23-41(27-15-13-26(36)14-16-27)47(44,45)29-19-17-28(46-3)18-20-29/h5-20,24,33H,4,21-23H2,1-3H3,(H,39,43)/t24-,33-/m0/s1. The van der Waals surface area contributed by atoms with E-state index in [4.69, 9.17) is 39.5 Å². The molecule has 4 aromatic carbocycles. The molecule has 0 aliphatic carbocycles. The first kappa shape index (κ1) is 36.1. The number of methoxy groups -OCH3 is 1.